The number of fused-ring (bicyclic) bond motifs is 1. The van der Waals surface area contributed by atoms with Gasteiger partial charge in [0.1, 0.15) is 16.3 Å². The molecule has 0 saturated heterocycles. The lowest BCUT2D eigenvalue weighted by atomic mass is 10.1. The van der Waals surface area contributed by atoms with Crippen LogP contribution in [0.15, 0.2) is 91.6 Å². The lowest BCUT2D eigenvalue weighted by molar-refractivity contribution is -0.384. The van der Waals surface area contributed by atoms with Crippen molar-refractivity contribution in [3.05, 3.63) is 82.1 Å². The van der Waals surface area contributed by atoms with Crippen molar-refractivity contribution in [2.45, 2.75) is 14.7 Å². The molecule has 0 aliphatic carbocycles. The second kappa shape index (κ2) is 15.3. The first-order chi connectivity index (χ1) is 25.5. The number of nitro benzene ring substituents is 1. The van der Waals surface area contributed by atoms with E-state index in [1.54, 1.807) is 0 Å². The van der Waals surface area contributed by atoms with Crippen LogP contribution in [0.1, 0.15) is 0 Å². The molecule has 0 fully saturated rings. The average molecular weight is 861 g/mol. The number of aromatic nitrogens is 3. The summed E-state index contributed by atoms with van der Waals surface area (Å²) in [7, 11) is -19.3. The van der Waals surface area contributed by atoms with Crippen molar-refractivity contribution in [1.29, 1.82) is 0 Å². The van der Waals surface area contributed by atoms with Crippen LogP contribution in [0.4, 0.5) is 40.3 Å². The third-order valence-corrected chi connectivity index (χ3v) is 11.0. The fourth-order valence-electron chi connectivity index (χ4n) is 4.57. The molecular weight excluding hydrogens is 840 g/mol. The Kier molecular flexibility index (Phi) is 11.3. The van der Waals surface area contributed by atoms with Gasteiger partial charge in [-0.15, -0.1) is 10.2 Å². The Hall–Kier alpha value is -5.52. The predicted octanol–water partition coefficient (Wildman–Crippen LogP) is 4.28. The molecule has 0 atom stereocenters. The Morgan fingerprint density at radius 1 is 0.727 bits per heavy atom. The van der Waals surface area contributed by atoms with E-state index in [0.717, 1.165) is 42.5 Å². The van der Waals surface area contributed by atoms with Crippen LogP contribution in [0.5, 0.6) is 5.75 Å². The van der Waals surface area contributed by atoms with Crippen LogP contribution < -0.4 is 10.6 Å². The zero-order valence-electron chi connectivity index (χ0n) is 26.7. The number of nitro groups is 1. The number of sulfone groups is 1. The number of halogens is 1. The van der Waals surface area contributed by atoms with Gasteiger partial charge in [-0.2, -0.15) is 40.2 Å². The first-order valence-corrected chi connectivity index (χ1v) is 20.6. The van der Waals surface area contributed by atoms with E-state index in [1.165, 1.54) is 18.2 Å². The van der Waals surface area contributed by atoms with Gasteiger partial charge in [-0.25, -0.2) is 12.6 Å². The normalized spacial score (nSPS) is 12.6. The van der Waals surface area contributed by atoms with Crippen LogP contribution in [0.3, 0.4) is 0 Å². The lowest BCUT2D eigenvalue weighted by Crippen LogP contribution is -2.16. The molecular formula is C27H21ClN8O15S4. The molecule has 1 aromatic heterocycles. The van der Waals surface area contributed by atoms with Gasteiger partial charge in [0.2, 0.25) is 17.2 Å². The highest BCUT2D eigenvalue weighted by molar-refractivity contribution is 7.91. The number of hydrogen-bond acceptors (Lipinski definition) is 19. The molecule has 23 nitrogen and oxygen atoms in total. The Labute approximate surface area is 314 Å². The van der Waals surface area contributed by atoms with Crippen LogP contribution in [-0.4, -0.2) is 84.7 Å². The minimum absolute atomic E-state index is 0.0667. The Balaban J connectivity index is 1.50. The summed E-state index contributed by atoms with van der Waals surface area (Å²) >= 11 is 6.09. The van der Waals surface area contributed by atoms with E-state index in [4.69, 9.17) is 16.2 Å². The van der Waals surface area contributed by atoms with Crippen LogP contribution in [-0.2, 0) is 44.7 Å². The van der Waals surface area contributed by atoms with Crippen molar-refractivity contribution in [2.24, 2.45) is 10.2 Å². The molecule has 0 radical (unpaired) electrons. The van der Waals surface area contributed by atoms with Crippen molar-refractivity contribution in [3.8, 4) is 5.75 Å². The van der Waals surface area contributed by atoms with E-state index in [-0.39, 0.29) is 33.8 Å². The van der Waals surface area contributed by atoms with E-state index in [0.29, 0.717) is 6.07 Å². The summed E-state index contributed by atoms with van der Waals surface area (Å²) in [5.74, 6) is -2.40. The zero-order valence-corrected chi connectivity index (χ0v) is 30.8. The number of benzene rings is 4. The number of anilines is 4. The molecule has 0 spiro atoms. The standard InChI is InChI=1S/C27H21ClN8O15S4/c28-25-31-26(33-27(32-25)30-22-6-3-15(13-24(22)54(45,46)47)52(40,41)10-9-51-55(48,49)50)29-19-7-8-20(17-4-2-16(12-18(17)19)53(42,43)44)34-35-21-5-1-14(36(38)39)11-23(21)37/h1-8,11-13,37H,9-10H2,(H,42,43,44)(H,45,46,47)(H,48,49,50)(H2,29,30,31,32,33)/b35-34-. The first-order valence-electron chi connectivity index (χ1n) is 14.4. The lowest BCUT2D eigenvalue weighted by Gasteiger charge is -2.14. The molecule has 28 heteroatoms. The molecule has 0 amide bonds. The van der Waals surface area contributed by atoms with Gasteiger partial charge in [-0.3, -0.25) is 23.8 Å². The highest BCUT2D eigenvalue weighted by Crippen LogP contribution is 2.37. The summed E-state index contributed by atoms with van der Waals surface area (Å²) in [4.78, 5) is 19.9. The number of hydrogen-bond donors (Lipinski definition) is 6. The van der Waals surface area contributed by atoms with Gasteiger partial charge < -0.3 is 15.7 Å². The molecule has 5 aromatic rings. The summed E-state index contributed by atoms with van der Waals surface area (Å²) < 4.78 is 128. The molecule has 0 aliphatic rings. The summed E-state index contributed by atoms with van der Waals surface area (Å²) in [5.41, 5.74) is -0.865. The molecule has 0 saturated carbocycles. The fourth-order valence-corrected chi connectivity index (χ4v) is 7.49. The second-order valence-electron chi connectivity index (χ2n) is 10.6. The first kappa shape index (κ1) is 40.7. The van der Waals surface area contributed by atoms with Gasteiger partial charge in [0, 0.05) is 22.5 Å². The summed E-state index contributed by atoms with van der Waals surface area (Å²) in [6.07, 6.45) is 0. The average Bonchev–Trinajstić information content (AvgIpc) is 3.06. The highest BCUT2D eigenvalue weighted by atomic mass is 35.5. The topological polar surface area (TPSA) is 357 Å². The van der Waals surface area contributed by atoms with Crippen LogP contribution in [0, 0.1) is 10.1 Å². The van der Waals surface area contributed by atoms with E-state index in [9.17, 15) is 58.0 Å². The SMILES string of the molecule is O=[N+]([O-])c1ccc(/N=N\c2ccc(Nc3nc(Cl)nc(Nc4ccc(S(=O)(=O)CCOS(=O)(=O)O)cc4S(=O)(=O)O)n3)c3cc(S(=O)(=O)O)ccc23)c(O)c1. The molecule has 1 heterocycles. The molecule has 0 aliphatic heterocycles. The van der Waals surface area contributed by atoms with Gasteiger partial charge in [0.25, 0.3) is 25.9 Å². The quantitative estimate of drug-likeness (QED) is 0.0392. The number of phenolic OH excluding ortho intramolecular Hbond substituents is 1. The summed E-state index contributed by atoms with van der Waals surface area (Å²) in [6.45, 7) is -1.02. The number of rotatable bonds is 14. The van der Waals surface area contributed by atoms with Crippen LogP contribution in [0.2, 0.25) is 5.28 Å². The Morgan fingerprint density at radius 3 is 1.93 bits per heavy atom. The van der Waals surface area contributed by atoms with E-state index < -0.39 is 101 Å². The van der Waals surface area contributed by atoms with E-state index >= 15 is 0 Å². The van der Waals surface area contributed by atoms with Crippen LogP contribution in [0.25, 0.3) is 10.8 Å². The molecule has 5 rings (SSSR count). The van der Waals surface area contributed by atoms with Crippen molar-refractivity contribution in [3.63, 3.8) is 0 Å². The zero-order chi connectivity index (χ0) is 40.5. The number of aromatic hydroxyl groups is 1. The van der Waals surface area contributed by atoms with Crippen LogP contribution >= 0.6 is 11.6 Å². The van der Waals surface area contributed by atoms with E-state index in [2.05, 4.69) is 40.0 Å². The van der Waals surface area contributed by atoms with Gasteiger partial charge in [0.15, 0.2) is 9.84 Å². The maximum absolute atomic E-state index is 12.7. The Bertz CT molecular complexity index is 2860. The minimum Gasteiger partial charge on any atom is -0.505 e. The van der Waals surface area contributed by atoms with Crippen molar-refractivity contribution >= 4 is 103 Å². The summed E-state index contributed by atoms with van der Waals surface area (Å²) in [5, 5.41) is 34.1. The monoisotopic (exact) mass is 860 g/mol. The predicted molar refractivity (Wildman–Crippen MR) is 190 cm³/mol. The van der Waals surface area contributed by atoms with Crippen molar-refractivity contribution in [2.75, 3.05) is 23.0 Å². The van der Waals surface area contributed by atoms with Gasteiger partial charge in [-0.1, -0.05) is 6.07 Å². The third-order valence-electron chi connectivity index (χ3n) is 6.97. The smallest absolute Gasteiger partial charge is 0.397 e. The summed E-state index contributed by atoms with van der Waals surface area (Å²) in [6, 6.07) is 11.5. The van der Waals surface area contributed by atoms with Gasteiger partial charge in [-0.05, 0) is 60.1 Å². The largest absolute Gasteiger partial charge is 0.505 e. The molecule has 290 valence electrons. The number of azo groups is 1. The molecule has 6 N–H and O–H groups in total. The number of phenols is 1. The van der Waals surface area contributed by atoms with Gasteiger partial charge in [0.05, 0.1) is 44.5 Å². The maximum atomic E-state index is 12.7. The molecule has 4 aromatic carbocycles. The molecule has 55 heavy (non-hydrogen) atoms. The third kappa shape index (κ3) is 10.2. The van der Waals surface area contributed by atoms with Crippen molar-refractivity contribution in [1.82, 2.24) is 15.0 Å². The number of nitrogens with one attached hydrogen (secondary N) is 2. The second-order valence-corrected chi connectivity index (χ2v) is 17.0. The fraction of sp³-hybridized carbons (Fsp3) is 0.0741. The van der Waals surface area contributed by atoms with Crippen molar-refractivity contribution < 1.29 is 61.5 Å². The van der Waals surface area contributed by atoms with E-state index in [1.807, 2.05) is 0 Å². The molecule has 0 unspecified atom stereocenters. The number of non-ortho nitro benzene ring substituents is 1. The maximum Gasteiger partial charge on any atom is 0.397 e. The number of nitrogens with zero attached hydrogens (tertiary/aromatic N) is 6. The Morgan fingerprint density at radius 2 is 1.33 bits per heavy atom. The highest BCUT2D eigenvalue weighted by Gasteiger charge is 2.24. The van der Waals surface area contributed by atoms with Gasteiger partial charge >= 0.3 is 10.4 Å². The molecule has 0 bridgehead atoms. The minimum atomic E-state index is -5.16.